The topological polar surface area (TPSA) is 47.4 Å². The zero-order valence-electron chi connectivity index (χ0n) is 13.5. The molecule has 1 aromatic carbocycles. The van der Waals surface area contributed by atoms with Crippen LogP contribution in [0.2, 0.25) is 5.02 Å². The highest BCUT2D eigenvalue weighted by Crippen LogP contribution is 2.23. The molecule has 1 heterocycles. The van der Waals surface area contributed by atoms with Gasteiger partial charge in [0.05, 0.1) is 18.7 Å². The second-order valence-corrected chi connectivity index (χ2v) is 5.84. The zero-order valence-corrected chi connectivity index (χ0v) is 14.3. The number of amides is 1. The molecule has 8 heteroatoms. The predicted molar refractivity (Wildman–Crippen MR) is 86.0 cm³/mol. The van der Waals surface area contributed by atoms with E-state index >= 15 is 0 Å². The van der Waals surface area contributed by atoms with Gasteiger partial charge < -0.3 is 0 Å². The molecule has 0 fully saturated rings. The summed E-state index contributed by atoms with van der Waals surface area (Å²) in [6.07, 6.45) is -1.11. The Morgan fingerprint density at radius 3 is 2.75 bits per heavy atom. The van der Waals surface area contributed by atoms with E-state index in [2.05, 4.69) is 5.10 Å². The van der Waals surface area contributed by atoms with E-state index in [0.717, 1.165) is 10.6 Å². The summed E-state index contributed by atoms with van der Waals surface area (Å²) in [4.78, 5) is 17.7. The van der Waals surface area contributed by atoms with Crippen molar-refractivity contribution < 1.29 is 18.4 Å². The number of hydroxylamine groups is 2. The number of rotatable bonds is 6. The van der Waals surface area contributed by atoms with Crippen LogP contribution in [0.3, 0.4) is 0 Å². The molecule has 0 saturated heterocycles. The van der Waals surface area contributed by atoms with Crippen LogP contribution in [0.4, 0.5) is 8.78 Å². The molecule has 0 saturated carbocycles. The van der Waals surface area contributed by atoms with Crippen LogP contribution >= 0.6 is 11.6 Å². The smallest absolute Gasteiger partial charge is 0.275 e. The van der Waals surface area contributed by atoms with Crippen LogP contribution in [0.1, 0.15) is 35.0 Å². The van der Waals surface area contributed by atoms with Gasteiger partial charge in [-0.15, -0.1) is 0 Å². The monoisotopic (exact) mass is 357 g/mol. The quantitative estimate of drug-likeness (QED) is 0.741. The number of alkyl halides is 2. The normalized spacial score (nSPS) is 12.5. The minimum Gasteiger partial charge on any atom is -0.275 e. The van der Waals surface area contributed by atoms with E-state index in [-0.39, 0.29) is 11.6 Å². The lowest BCUT2D eigenvalue weighted by Crippen LogP contribution is -2.39. The Morgan fingerprint density at radius 2 is 2.17 bits per heavy atom. The van der Waals surface area contributed by atoms with Crippen molar-refractivity contribution >= 4 is 17.5 Å². The average molecular weight is 358 g/mol. The van der Waals surface area contributed by atoms with Crippen molar-refractivity contribution in [2.24, 2.45) is 7.05 Å². The molecule has 24 heavy (non-hydrogen) atoms. The molecule has 0 aliphatic rings. The van der Waals surface area contributed by atoms with Crippen LogP contribution < -0.4 is 0 Å². The molecule has 0 bridgehead atoms. The SMILES string of the molecule is CON(C(=O)c1cn(C)nc1C(F)F)C(C)Cc1cccc(Cl)c1. The molecule has 1 aromatic heterocycles. The summed E-state index contributed by atoms with van der Waals surface area (Å²) in [7, 11) is 2.81. The van der Waals surface area contributed by atoms with Crippen LogP contribution in [0.15, 0.2) is 30.5 Å². The molecule has 0 N–H and O–H groups in total. The second-order valence-electron chi connectivity index (χ2n) is 5.40. The fourth-order valence-electron chi connectivity index (χ4n) is 2.50. The van der Waals surface area contributed by atoms with Gasteiger partial charge in [-0.25, -0.2) is 13.8 Å². The molecular weight excluding hydrogens is 340 g/mol. The lowest BCUT2D eigenvalue weighted by Gasteiger charge is -2.26. The summed E-state index contributed by atoms with van der Waals surface area (Å²) in [6, 6.07) is 6.82. The van der Waals surface area contributed by atoms with E-state index in [1.807, 2.05) is 6.07 Å². The van der Waals surface area contributed by atoms with E-state index in [0.29, 0.717) is 11.4 Å². The Kier molecular flexibility index (Phi) is 5.90. The highest BCUT2D eigenvalue weighted by atomic mass is 35.5. The summed E-state index contributed by atoms with van der Waals surface area (Å²) in [5, 5.41) is 5.31. The fourth-order valence-corrected chi connectivity index (χ4v) is 2.71. The average Bonchev–Trinajstić information content (AvgIpc) is 2.90. The maximum atomic E-state index is 13.1. The van der Waals surface area contributed by atoms with Crippen molar-refractivity contribution in [3.63, 3.8) is 0 Å². The van der Waals surface area contributed by atoms with Crippen molar-refractivity contribution in [3.8, 4) is 0 Å². The number of carbonyl (C=O) groups excluding carboxylic acids is 1. The molecule has 2 aromatic rings. The van der Waals surface area contributed by atoms with Crippen molar-refractivity contribution in [2.45, 2.75) is 25.8 Å². The minimum absolute atomic E-state index is 0.174. The van der Waals surface area contributed by atoms with Gasteiger partial charge in [-0.2, -0.15) is 5.10 Å². The van der Waals surface area contributed by atoms with Gasteiger partial charge in [0.2, 0.25) is 0 Å². The van der Waals surface area contributed by atoms with Crippen LogP contribution in [-0.4, -0.2) is 33.9 Å². The molecule has 1 unspecified atom stereocenters. The highest BCUT2D eigenvalue weighted by Gasteiger charge is 2.29. The molecule has 1 atom stereocenters. The summed E-state index contributed by atoms with van der Waals surface area (Å²) in [6.45, 7) is 1.76. The summed E-state index contributed by atoms with van der Waals surface area (Å²) >= 11 is 5.95. The van der Waals surface area contributed by atoms with E-state index in [4.69, 9.17) is 16.4 Å². The molecule has 0 aliphatic heterocycles. The second kappa shape index (κ2) is 7.72. The fraction of sp³-hybridized carbons (Fsp3) is 0.375. The minimum atomic E-state index is -2.84. The van der Waals surface area contributed by atoms with E-state index in [1.165, 1.54) is 25.0 Å². The molecule has 1 amide bonds. The third-order valence-electron chi connectivity index (χ3n) is 3.51. The number of halogens is 3. The number of hydrogen-bond acceptors (Lipinski definition) is 3. The highest BCUT2D eigenvalue weighted by molar-refractivity contribution is 6.30. The van der Waals surface area contributed by atoms with Crippen LogP contribution in [0.25, 0.3) is 0 Å². The molecule has 5 nitrogen and oxygen atoms in total. The summed E-state index contributed by atoms with van der Waals surface area (Å²) in [5.41, 5.74) is 0.178. The Morgan fingerprint density at radius 1 is 1.46 bits per heavy atom. The molecule has 0 spiro atoms. The van der Waals surface area contributed by atoms with Gasteiger partial charge in [0.15, 0.2) is 0 Å². The Balaban J connectivity index is 2.22. The zero-order chi connectivity index (χ0) is 17.9. The maximum absolute atomic E-state index is 13.1. The largest absolute Gasteiger partial charge is 0.282 e. The van der Waals surface area contributed by atoms with E-state index in [1.54, 1.807) is 25.1 Å². The Bertz CT molecular complexity index is 721. The van der Waals surface area contributed by atoms with Crippen LogP contribution in [0, 0.1) is 0 Å². The third-order valence-corrected chi connectivity index (χ3v) is 3.75. The first-order chi connectivity index (χ1) is 11.3. The van der Waals surface area contributed by atoms with Crippen molar-refractivity contribution in [1.29, 1.82) is 0 Å². The molecule has 130 valence electrons. The van der Waals surface area contributed by atoms with Gasteiger partial charge in [0.1, 0.15) is 5.69 Å². The third kappa shape index (κ3) is 4.10. The summed E-state index contributed by atoms with van der Waals surface area (Å²) in [5.74, 6) is -0.657. The van der Waals surface area contributed by atoms with Crippen LogP contribution in [-0.2, 0) is 18.3 Å². The first kappa shape index (κ1) is 18.4. The maximum Gasteiger partial charge on any atom is 0.282 e. The van der Waals surface area contributed by atoms with Gasteiger partial charge in [-0.1, -0.05) is 23.7 Å². The van der Waals surface area contributed by atoms with Gasteiger partial charge in [-0.3, -0.25) is 14.3 Å². The Labute approximate surface area is 143 Å². The van der Waals surface area contributed by atoms with Gasteiger partial charge in [0.25, 0.3) is 12.3 Å². The van der Waals surface area contributed by atoms with Crippen molar-refractivity contribution in [2.75, 3.05) is 7.11 Å². The number of aromatic nitrogens is 2. The van der Waals surface area contributed by atoms with Gasteiger partial charge in [-0.05, 0) is 31.0 Å². The number of aryl methyl sites for hydroxylation is 1. The Hall–Kier alpha value is -1.99. The van der Waals surface area contributed by atoms with Crippen LogP contribution in [0.5, 0.6) is 0 Å². The van der Waals surface area contributed by atoms with Gasteiger partial charge >= 0.3 is 0 Å². The molecule has 0 aliphatic carbocycles. The number of hydrogen-bond donors (Lipinski definition) is 0. The number of benzene rings is 1. The molecule has 0 radical (unpaired) electrons. The van der Waals surface area contributed by atoms with Crippen molar-refractivity contribution in [3.05, 3.63) is 52.3 Å². The van der Waals surface area contributed by atoms with E-state index in [9.17, 15) is 13.6 Å². The first-order valence-corrected chi connectivity index (χ1v) is 7.65. The summed E-state index contributed by atoms with van der Waals surface area (Å²) < 4.78 is 27.3. The van der Waals surface area contributed by atoms with Crippen molar-refractivity contribution in [1.82, 2.24) is 14.8 Å². The number of carbonyl (C=O) groups is 1. The van der Waals surface area contributed by atoms with Gasteiger partial charge in [0, 0.05) is 18.3 Å². The lowest BCUT2D eigenvalue weighted by molar-refractivity contribution is -0.119. The molecular formula is C16H18ClF2N3O2. The number of nitrogens with zero attached hydrogens (tertiary/aromatic N) is 3. The standard InChI is InChI=1S/C16H18ClF2N3O2/c1-10(7-11-5-4-6-12(17)8-11)22(24-3)16(23)13-9-21(2)20-14(13)15(18)19/h4-6,8-10,15H,7H2,1-3H3. The lowest BCUT2D eigenvalue weighted by atomic mass is 10.1. The van der Waals surface area contributed by atoms with E-state index < -0.39 is 18.0 Å². The first-order valence-electron chi connectivity index (χ1n) is 7.27. The molecule has 2 rings (SSSR count). The predicted octanol–water partition coefficient (Wildman–Crippen LogP) is 3.65.